The molecule has 0 heterocycles. The van der Waals surface area contributed by atoms with Gasteiger partial charge >= 0.3 is 0 Å². The molecule has 2 unspecified atom stereocenters. The van der Waals surface area contributed by atoms with Crippen LogP contribution >= 0.6 is 0 Å². The second kappa shape index (κ2) is 6.84. The Bertz CT molecular complexity index is 754. The maximum absolute atomic E-state index is 14.6. The van der Waals surface area contributed by atoms with E-state index in [1.54, 1.807) is 6.07 Å². The van der Waals surface area contributed by atoms with Crippen LogP contribution in [0.15, 0.2) is 42.5 Å². The third-order valence-corrected chi connectivity index (χ3v) is 4.93. The van der Waals surface area contributed by atoms with E-state index in [9.17, 15) is 13.2 Å². The molecule has 3 rings (SSSR count). The summed E-state index contributed by atoms with van der Waals surface area (Å²) in [4.78, 5) is 0. The fraction of sp³-hybridized carbons (Fsp3) is 0.333. The van der Waals surface area contributed by atoms with Gasteiger partial charge in [0.15, 0.2) is 11.6 Å². The van der Waals surface area contributed by atoms with E-state index < -0.39 is 17.5 Å². The zero-order chi connectivity index (χ0) is 17.3. The molecule has 0 spiro atoms. The van der Waals surface area contributed by atoms with Crippen molar-refractivity contribution in [1.29, 1.82) is 0 Å². The molecule has 0 saturated heterocycles. The van der Waals surface area contributed by atoms with E-state index >= 15 is 0 Å². The van der Waals surface area contributed by atoms with Crippen LogP contribution in [0.4, 0.5) is 13.2 Å². The summed E-state index contributed by atoms with van der Waals surface area (Å²) in [5.74, 6) is -1.38. The highest BCUT2D eigenvalue weighted by Gasteiger charge is 2.18. The molecule has 0 N–H and O–H groups in total. The van der Waals surface area contributed by atoms with E-state index in [4.69, 9.17) is 0 Å². The van der Waals surface area contributed by atoms with Gasteiger partial charge in [0.25, 0.3) is 0 Å². The molecule has 0 radical (unpaired) electrons. The first-order valence-corrected chi connectivity index (χ1v) is 8.43. The number of benzene rings is 2. The van der Waals surface area contributed by atoms with Crippen molar-refractivity contribution in [3.8, 4) is 11.1 Å². The van der Waals surface area contributed by atoms with Crippen LogP contribution in [0.5, 0.6) is 0 Å². The largest absolute Gasteiger partial charge is 0.206 e. The minimum atomic E-state index is -0.950. The van der Waals surface area contributed by atoms with Gasteiger partial charge in [-0.05, 0) is 67.0 Å². The summed E-state index contributed by atoms with van der Waals surface area (Å²) in [7, 11) is 0. The van der Waals surface area contributed by atoms with Crippen LogP contribution in [0, 0.1) is 30.3 Å². The van der Waals surface area contributed by atoms with Gasteiger partial charge in [0.1, 0.15) is 5.82 Å². The quantitative estimate of drug-likeness (QED) is 0.561. The number of hydrogen-bond acceptors (Lipinski definition) is 0. The first-order chi connectivity index (χ1) is 11.5. The molecule has 0 nitrogen and oxygen atoms in total. The summed E-state index contributed by atoms with van der Waals surface area (Å²) in [5.41, 5.74) is 1.77. The predicted molar refractivity (Wildman–Crippen MR) is 91.4 cm³/mol. The third-order valence-electron chi connectivity index (χ3n) is 4.93. The summed E-state index contributed by atoms with van der Waals surface area (Å²) in [6.07, 6.45) is 7.64. The minimum Gasteiger partial charge on any atom is -0.206 e. The predicted octanol–water partition coefficient (Wildman–Crippen LogP) is 6.54. The van der Waals surface area contributed by atoms with E-state index in [0.717, 1.165) is 30.9 Å². The summed E-state index contributed by atoms with van der Waals surface area (Å²) < 4.78 is 41.6. The summed E-state index contributed by atoms with van der Waals surface area (Å²) in [6, 6.07) is 7.59. The Morgan fingerprint density at radius 1 is 0.958 bits per heavy atom. The molecule has 0 saturated carbocycles. The van der Waals surface area contributed by atoms with Crippen LogP contribution in [-0.2, 0) is 0 Å². The van der Waals surface area contributed by atoms with Gasteiger partial charge in [0.05, 0.1) is 0 Å². The summed E-state index contributed by atoms with van der Waals surface area (Å²) in [6.45, 7) is 3.65. The third kappa shape index (κ3) is 3.26. The Hall–Kier alpha value is -2.03. The van der Waals surface area contributed by atoms with Crippen molar-refractivity contribution < 1.29 is 13.2 Å². The van der Waals surface area contributed by atoms with Gasteiger partial charge in [0, 0.05) is 11.5 Å². The van der Waals surface area contributed by atoms with Crippen molar-refractivity contribution in [2.24, 2.45) is 5.92 Å². The molecule has 126 valence electrons. The van der Waals surface area contributed by atoms with Gasteiger partial charge in [-0.1, -0.05) is 31.2 Å². The highest BCUT2D eigenvalue weighted by molar-refractivity contribution is 5.65. The van der Waals surface area contributed by atoms with Crippen molar-refractivity contribution in [3.63, 3.8) is 0 Å². The maximum Gasteiger partial charge on any atom is 0.161 e. The van der Waals surface area contributed by atoms with Crippen LogP contribution in [0.2, 0.25) is 0 Å². The lowest BCUT2D eigenvalue weighted by atomic mass is 9.83. The number of hydrogen-bond donors (Lipinski definition) is 0. The molecule has 0 fully saturated rings. The highest BCUT2D eigenvalue weighted by Crippen LogP contribution is 2.34. The molecule has 1 aliphatic rings. The van der Waals surface area contributed by atoms with Gasteiger partial charge in [-0.3, -0.25) is 0 Å². The molecule has 2 aromatic rings. The lowest BCUT2D eigenvalue weighted by Crippen LogP contribution is -2.07. The van der Waals surface area contributed by atoms with E-state index in [-0.39, 0.29) is 11.5 Å². The molecule has 1 aliphatic carbocycles. The Kier molecular flexibility index (Phi) is 4.79. The Morgan fingerprint density at radius 2 is 1.75 bits per heavy atom. The molecule has 0 aromatic heterocycles. The van der Waals surface area contributed by atoms with E-state index in [1.165, 1.54) is 19.1 Å². The van der Waals surface area contributed by atoms with Crippen molar-refractivity contribution in [2.45, 2.75) is 39.0 Å². The molecule has 2 aromatic carbocycles. The fourth-order valence-corrected chi connectivity index (χ4v) is 3.37. The second-order valence-electron chi connectivity index (χ2n) is 6.57. The highest BCUT2D eigenvalue weighted by atomic mass is 19.2. The Balaban J connectivity index is 1.91. The average Bonchev–Trinajstić information content (AvgIpc) is 2.59. The Labute approximate surface area is 141 Å². The Morgan fingerprint density at radius 3 is 2.33 bits per heavy atom. The van der Waals surface area contributed by atoms with Crippen LogP contribution in [0.1, 0.15) is 43.2 Å². The number of halogens is 3. The monoisotopic (exact) mass is 330 g/mol. The van der Waals surface area contributed by atoms with E-state index in [2.05, 4.69) is 19.1 Å². The van der Waals surface area contributed by atoms with Crippen LogP contribution < -0.4 is 0 Å². The standard InChI is InChI=1S/C21H21F3/c1-3-14-4-6-15(7-5-14)16-8-9-18(19(22)11-16)17-10-13(2)21(24)20(23)12-17/h4,6,8-12,14-15H,3,5,7H2,1-2H3. The molecule has 0 aliphatic heterocycles. The first-order valence-electron chi connectivity index (χ1n) is 8.43. The summed E-state index contributed by atoms with van der Waals surface area (Å²) in [5, 5.41) is 0. The minimum absolute atomic E-state index is 0.175. The zero-order valence-corrected chi connectivity index (χ0v) is 14.0. The summed E-state index contributed by atoms with van der Waals surface area (Å²) >= 11 is 0. The topological polar surface area (TPSA) is 0 Å². The van der Waals surface area contributed by atoms with Gasteiger partial charge in [-0.15, -0.1) is 0 Å². The molecule has 24 heavy (non-hydrogen) atoms. The normalized spacial score (nSPS) is 20.4. The smallest absolute Gasteiger partial charge is 0.161 e. The maximum atomic E-state index is 14.6. The number of rotatable bonds is 3. The lowest BCUT2D eigenvalue weighted by Gasteiger charge is -2.22. The number of allylic oxidation sites excluding steroid dienone is 2. The molecule has 2 atom stereocenters. The van der Waals surface area contributed by atoms with E-state index in [1.807, 2.05) is 6.07 Å². The molecular weight excluding hydrogens is 309 g/mol. The zero-order valence-electron chi connectivity index (χ0n) is 14.0. The van der Waals surface area contributed by atoms with Gasteiger partial charge < -0.3 is 0 Å². The van der Waals surface area contributed by atoms with Crippen molar-refractivity contribution in [3.05, 3.63) is 71.1 Å². The van der Waals surface area contributed by atoms with E-state index in [0.29, 0.717) is 17.0 Å². The SMILES string of the molecule is CCC1C=CC(c2ccc(-c3cc(C)c(F)c(F)c3)c(F)c2)CC1. The molecular formula is C21H21F3. The molecule has 3 heteroatoms. The number of aryl methyl sites for hydroxylation is 1. The van der Waals surface area contributed by atoms with Gasteiger partial charge in [-0.25, -0.2) is 13.2 Å². The van der Waals surface area contributed by atoms with Crippen molar-refractivity contribution in [1.82, 2.24) is 0 Å². The van der Waals surface area contributed by atoms with Gasteiger partial charge in [-0.2, -0.15) is 0 Å². The average molecular weight is 330 g/mol. The van der Waals surface area contributed by atoms with Crippen LogP contribution in [0.25, 0.3) is 11.1 Å². The van der Waals surface area contributed by atoms with Crippen molar-refractivity contribution in [2.75, 3.05) is 0 Å². The second-order valence-corrected chi connectivity index (χ2v) is 6.57. The van der Waals surface area contributed by atoms with Crippen LogP contribution in [0.3, 0.4) is 0 Å². The molecule has 0 bridgehead atoms. The molecule has 0 amide bonds. The first kappa shape index (κ1) is 16.8. The van der Waals surface area contributed by atoms with Crippen molar-refractivity contribution >= 4 is 0 Å². The lowest BCUT2D eigenvalue weighted by molar-refractivity contribution is 0.498. The fourth-order valence-electron chi connectivity index (χ4n) is 3.37. The van der Waals surface area contributed by atoms with Gasteiger partial charge in [0.2, 0.25) is 0 Å². The van der Waals surface area contributed by atoms with Crippen LogP contribution in [-0.4, -0.2) is 0 Å².